The first kappa shape index (κ1) is 10.7. The van der Waals surface area contributed by atoms with Gasteiger partial charge in [0.2, 0.25) is 6.79 Å². The van der Waals surface area contributed by atoms with Gasteiger partial charge in [0.1, 0.15) is 0 Å². The smallest absolute Gasteiger partial charge is 0.231 e. The van der Waals surface area contributed by atoms with E-state index in [0.29, 0.717) is 12.8 Å². The fraction of sp³-hybridized carbons (Fsp3) is 0.500. The summed E-state index contributed by atoms with van der Waals surface area (Å²) >= 11 is 0. The van der Waals surface area contributed by atoms with Gasteiger partial charge >= 0.3 is 0 Å². The summed E-state index contributed by atoms with van der Waals surface area (Å²) in [6.45, 7) is 3.65. The van der Waals surface area contributed by atoms with Crippen molar-refractivity contribution in [3.8, 4) is 11.5 Å². The SMILES string of the molecule is c1cc2c(cc1NCC1COCCN1)OCO2. The van der Waals surface area contributed by atoms with Crippen LogP contribution in [0.1, 0.15) is 0 Å². The summed E-state index contributed by atoms with van der Waals surface area (Å²) < 4.78 is 16.0. The van der Waals surface area contributed by atoms with E-state index in [1.165, 1.54) is 0 Å². The average molecular weight is 236 g/mol. The van der Waals surface area contributed by atoms with Crippen LogP contribution >= 0.6 is 0 Å². The zero-order valence-electron chi connectivity index (χ0n) is 9.57. The van der Waals surface area contributed by atoms with Crippen LogP contribution in [0, 0.1) is 0 Å². The van der Waals surface area contributed by atoms with Gasteiger partial charge in [-0.15, -0.1) is 0 Å². The summed E-state index contributed by atoms with van der Waals surface area (Å²) in [5.41, 5.74) is 1.04. The Hall–Kier alpha value is -1.46. The molecule has 5 nitrogen and oxygen atoms in total. The topological polar surface area (TPSA) is 51.8 Å². The molecule has 2 heterocycles. The summed E-state index contributed by atoms with van der Waals surface area (Å²) in [5.74, 6) is 1.62. The first-order valence-corrected chi connectivity index (χ1v) is 5.86. The Balaban J connectivity index is 1.57. The van der Waals surface area contributed by atoms with E-state index in [4.69, 9.17) is 14.2 Å². The van der Waals surface area contributed by atoms with E-state index < -0.39 is 0 Å². The molecule has 5 heteroatoms. The molecule has 92 valence electrons. The van der Waals surface area contributed by atoms with E-state index in [1.807, 2.05) is 18.2 Å². The molecule has 3 rings (SSSR count). The molecule has 2 N–H and O–H groups in total. The minimum Gasteiger partial charge on any atom is -0.454 e. The summed E-state index contributed by atoms with van der Waals surface area (Å²) in [6.07, 6.45) is 0. The number of hydrogen-bond donors (Lipinski definition) is 2. The minimum atomic E-state index is 0.316. The van der Waals surface area contributed by atoms with Crippen molar-refractivity contribution in [3.63, 3.8) is 0 Å². The number of morpholine rings is 1. The predicted octanol–water partition coefficient (Wildman–Crippen LogP) is 0.816. The maximum atomic E-state index is 5.40. The van der Waals surface area contributed by atoms with Gasteiger partial charge in [-0.05, 0) is 12.1 Å². The molecule has 1 atom stereocenters. The van der Waals surface area contributed by atoms with Gasteiger partial charge in [0.15, 0.2) is 11.5 Å². The second-order valence-corrected chi connectivity index (χ2v) is 4.17. The highest BCUT2D eigenvalue weighted by Crippen LogP contribution is 2.34. The predicted molar refractivity (Wildman–Crippen MR) is 63.7 cm³/mol. The molecule has 2 aliphatic rings. The van der Waals surface area contributed by atoms with Crippen molar-refractivity contribution < 1.29 is 14.2 Å². The molecule has 17 heavy (non-hydrogen) atoms. The molecule has 1 saturated heterocycles. The highest BCUT2D eigenvalue weighted by Gasteiger charge is 2.15. The van der Waals surface area contributed by atoms with E-state index in [0.717, 1.165) is 43.5 Å². The highest BCUT2D eigenvalue weighted by molar-refractivity contribution is 5.55. The van der Waals surface area contributed by atoms with Crippen LogP contribution in [-0.4, -0.2) is 39.1 Å². The third kappa shape index (κ3) is 2.45. The molecule has 0 radical (unpaired) electrons. The van der Waals surface area contributed by atoms with Crippen LogP contribution in [0.15, 0.2) is 18.2 Å². The maximum absolute atomic E-state index is 5.40. The quantitative estimate of drug-likeness (QED) is 0.813. The Morgan fingerprint density at radius 3 is 3.12 bits per heavy atom. The summed E-state index contributed by atoms with van der Waals surface area (Å²) in [4.78, 5) is 0. The van der Waals surface area contributed by atoms with Crippen molar-refractivity contribution in [2.24, 2.45) is 0 Å². The monoisotopic (exact) mass is 236 g/mol. The number of fused-ring (bicyclic) bond motifs is 1. The van der Waals surface area contributed by atoms with Crippen LogP contribution in [0.25, 0.3) is 0 Å². The van der Waals surface area contributed by atoms with Crippen LogP contribution in [0.4, 0.5) is 5.69 Å². The fourth-order valence-electron chi connectivity index (χ4n) is 2.00. The fourth-order valence-corrected chi connectivity index (χ4v) is 2.00. The second-order valence-electron chi connectivity index (χ2n) is 4.17. The van der Waals surface area contributed by atoms with Crippen LogP contribution in [0.2, 0.25) is 0 Å². The lowest BCUT2D eigenvalue weighted by molar-refractivity contribution is 0.0806. The van der Waals surface area contributed by atoms with Gasteiger partial charge in [-0.1, -0.05) is 0 Å². The standard InChI is InChI=1S/C12H16N2O3/c1-2-11-12(17-8-16-11)5-9(1)14-6-10-7-15-4-3-13-10/h1-2,5,10,13-14H,3-4,6-8H2. The van der Waals surface area contributed by atoms with E-state index >= 15 is 0 Å². The van der Waals surface area contributed by atoms with Crippen molar-refractivity contribution in [1.29, 1.82) is 0 Å². The Kier molecular flexibility index (Phi) is 3.02. The van der Waals surface area contributed by atoms with Crippen molar-refractivity contribution in [3.05, 3.63) is 18.2 Å². The van der Waals surface area contributed by atoms with Crippen molar-refractivity contribution >= 4 is 5.69 Å². The number of hydrogen-bond acceptors (Lipinski definition) is 5. The van der Waals surface area contributed by atoms with Gasteiger partial charge in [0.05, 0.1) is 13.2 Å². The molecule has 0 aromatic heterocycles. The van der Waals surface area contributed by atoms with Crippen molar-refractivity contribution in [1.82, 2.24) is 5.32 Å². The van der Waals surface area contributed by atoms with E-state index in [2.05, 4.69) is 10.6 Å². The van der Waals surface area contributed by atoms with E-state index in [-0.39, 0.29) is 0 Å². The lowest BCUT2D eigenvalue weighted by atomic mass is 10.2. The molecule has 1 unspecified atom stereocenters. The molecule has 0 spiro atoms. The van der Waals surface area contributed by atoms with Gasteiger partial charge < -0.3 is 24.8 Å². The molecule has 0 bridgehead atoms. The Morgan fingerprint density at radius 2 is 2.24 bits per heavy atom. The summed E-state index contributed by atoms with van der Waals surface area (Å²) in [5, 5.41) is 6.76. The van der Waals surface area contributed by atoms with E-state index in [9.17, 15) is 0 Å². The average Bonchev–Trinajstić information content (AvgIpc) is 2.85. The van der Waals surface area contributed by atoms with E-state index in [1.54, 1.807) is 0 Å². The maximum Gasteiger partial charge on any atom is 0.231 e. The van der Waals surface area contributed by atoms with Gasteiger partial charge in [0.25, 0.3) is 0 Å². The van der Waals surface area contributed by atoms with Crippen LogP contribution < -0.4 is 20.1 Å². The molecule has 0 aliphatic carbocycles. The van der Waals surface area contributed by atoms with Gasteiger partial charge in [-0.3, -0.25) is 0 Å². The number of benzene rings is 1. The van der Waals surface area contributed by atoms with Gasteiger partial charge in [-0.2, -0.15) is 0 Å². The number of anilines is 1. The molecule has 1 aromatic carbocycles. The lowest BCUT2D eigenvalue weighted by Crippen LogP contribution is -2.45. The van der Waals surface area contributed by atoms with Crippen LogP contribution in [0.5, 0.6) is 11.5 Å². The largest absolute Gasteiger partial charge is 0.454 e. The zero-order chi connectivity index (χ0) is 11.5. The van der Waals surface area contributed by atoms with Crippen molar-refractivity contribution in [2.75, 3.05) is 38.4 Å². The molecular formula is C12H16N2O3. The summed E-state index contributed by atoms with van der Waals surface area (Å²) in [6, 6.07) is 6.26. The first-order chi connectivity index (χ1) is 8.42. The van der Waals surface area contributed by atoms with Gasteiger partial charge in [0, 0.05) is 30.9 Å². The van der Waals surface area contributed by atoms with Crippen LogP contribution in [0.3, 0.4) is 0 Å². The summed E-state index contributed by atoms with van der Waals surface area (Å²) in [7, 11) is 0. The molecular weight excluding hydrogens is 220 g/mol. The molecule has 1 fully saturated rings. The third-order valence-electron chi connectivity index (χ3n) is 2.92. The third-order valence-corrected chi connectivity index (χ3v) is 2.92. The lowest BCUT2D eigenvalue weighted by Gasteiger charge is -2.24. The Morgan fingerprint density at radius 1 is 1.29 bits per heavy atom. The zero-order valence-corrected chi connectivity index (χ0v) is 9.57. The van der Waals surface area contributed by atoms with Gasteiger partial charge in [-0.25, -0.2) is 0 Å². The van der Waals surface area contributed by atoms with Crippen molar-refractivity contribution in [2.45, 2.75) is 6.04 Å². The minimum absolute atomic E-state index is 0.316. The first-order valence-electron chi connectivity index (χ1n) is 5.86. The normalized spacial score (nSPS) is 22.5. The number of nitrogens with one attached hydrogen (secondary N) is 2. The Bertz CT molecular complexity index is 391. The Labute approximate surface area is 100 Å². The molecule has 0 saturated carbocycles. The molecule has 0 amide bonds. The number of rotatable bonds is 3. The number of ether oxygens (including phenoxy) is 3. The highest BCUT2D eigenvalue weighted by atomic mass is 16.7. The molecule has 2 aliphatic heterocycles. The van der Waals surface area contributed by atoms with Crippen LogP contribution in [-0.2, 0) is 4.74 Å². The second kappa shape index (κ2) is 4.81. The molecule has 1 aromatic rings.